The van der Waals surface area contributed by atoms with Crippen LogP contribution in [0.2, 0.25) is 5.32 Å². The monoisotopic (exact) mass is 242 g/mol. The second-order valence-corrected chi connectivity index (χ2v) is 5.27. The van der Waals surface area contributed by atoms with Gasteiger partial charge in [-0.05, 0) is 0 Å². The summed E-state index contributed by atoms with van der Waals surface area (Å²) in [5.74, 6) is 0. The summed E-state index contributed by atoms with van der Waals surface area (Å²) in [5.41, 5.74) is 0. The molecule has 0 atom stereocenters. The second-order valence-electron chi connectivity index (χ2n) is 3.80. The molecule has 0 aliphatic rings. The van der Waals surface area contributed by atoms with E-state index in [2.05, 4.69) is 6.92 Å². The Labute approximate surface area is 92.5 Å². The van der Waals surface area contributed by atoms with Crippen molar-refractivity contribution in [1.82, 2.24) is 0 Å². The maximum atomic E-state index is 10.3. The predicted molar refractivity (Wildman–Crippen MR) is 52.7 cm³/mol. The summed E-state index contributed by atoms with van der Waals surface area (Å²) in [7, 11) is 0. The first-order chi connectivity index (χ1) is 6.77. The molecule has 0 aromatic heterocycles. The van der Waals surface area contributed by atoms with Gasteiger partial charge in [0.1, 0.15) is 0 Å². The maximum absolute atomic E-state index is 10.3. The standard InChI is InChI=1S/C11H23.Mn.2O/c1-3-5-7-9-11-10-8-6-4-2;;;/h1,3-11H2,2H3;;;/q;;;-1. The SMILES string of the molecule is CCCCCCCCCC[CH2][Mn](=[O])[O-]. The van der Waals surface area contributed by atoms with E-state index in [9.17, 15) is 8.02 Å². The number of rotatable bonds is 10. The summed E-state index contributed by atoms with van der Waals surface area (Å²) in [4.78, 5) is 0. The summed E-state index contributed by atoms with van der Waals surface area (Å²) in [6.45, 7) is 2.23. The molecule has 0 radical (unpaired) electrons. The molecule has 0 heterocycles. The molecule has 0 saturated heterocycles. The Balaban J connectivity index is 2.88. The Bertz CT molecular complexity index is 137. The molecule has 0 aliphatic heterocycles. The van der Waals surface area contributed by atoms with Gasteiger partial charge in [0.05, 0.1) is 0 Å². The van der Waals surface area contributed by atoms with E-state index in [1.54, 1.807) is 0 Å². The fourth-order valence-electron chi connectivity index (χ4n) is 1.51. The molecule has 0 unspecified atom stereocenters. The zero-order valence-electron chi connectivity index (χ0n) is 9.27. The molecule has 0 aliphatic carbocycles. The Kier molecular flexibility index (Phi) is 11.6. The molecule has 0 rings (SSSR count). The van der Waals surface area contributed by atoms with Crippen LogP contribution in [0.25, 0.3) is 0 Å². The first kappa shape index (κ1) is 14.3. The molecule has 0 fully saturated rings. The predicted octanol–water partition coefficient (Wildman–Crippen LogP) is 3.17. The Morgan fingerprint density at radius 3 is 1.71 bits per heavy atom. The Morgan fingerprint density at radius 1 is 0.857 bits per heavy atom. The molecular weight excluding hydrogens is 219 g/mol. The first-order valence-electron chi connectivity index (χ1n) is 5.78. The number of unbranched alkanes of at least 4 members (excludes halogenated alkanes) is 8. The second kappa shape index (κ2) is 11.4. The van der Waals surface area contributed by atoms with Gasteiger partial charge in [-0.25, -0.2) is 0 Å². The normalized spacial score (nSPS) is 11.1. The van der Waals surface area contributed by atoms with E-state index in [1.807, 2.05) is 0 Å². The van der Waals surface area contributed by atoms with Crippen LogP contribution >= 0.6 is 0 Å². The van der Waals surface area contributed by atoms with Crippen LogP contribution in [0.1, 0.15) is 64.7 Å². The minimum absolute atomic E-state index is 0.419. The summed E-state index contributed by atoms with van der Waals surface area (Å²) in [5, 5.41) is 0.419. The van der Waals surface area contributed by atoms with Crippen molar-refractivity contribution in [3.63, 3.8) is 0 Å². The van der Waals surface area contributed by atoms with Crippen molar-refractivity contribution in [2.24, 2.45) is 0 Å². The summed E-state index contributed by atoms with van der Waals surface area (Å²) < 4.78 is 20.6. The molecule has 0 saturated carbocycles. The van der Waals surface area contributed by atoms with E-state index >= 15 is 0 Å². The van der Waals surface area contributed by atoms with Crippen molar-refractivity contribution in [2.75, 3.05) is 0 Å². The van der Waals surface area contributed by atoms with E-state index in [-0.39, 0.29) is 0 Å². The van der Waals surface area contributed by atoms with Crippen molar-refractivity contribution >= 4 is 0 Å². The van der Waals surface area contributed by atoms with Crippen LogP contribution in [-0.2, 0) is 18.0 Å². The molecule has 2 nitrogen and oxygen atoms in total. The molecule has 0 bridgehead atoms. The molecule has 14 heavy (non-hydrogen) atoms. The zero-order chi connectivity index (χ0) is 10.6. The molecule has 0 aromatic carbocycles. The zero-order valence-corrected chi connectivity index (χ0v) is 10.4. The minimum atomic E-state index is -2.46. The van der Waals surface area contributed by atoms with E-state index in [0.717, 1.165) is 12.8 Å². The van der Waals surface area contributed by atoms with Gasteiger partial charge < -0.3 is 0 Å². The fourth-order valence-corrected chi connectivity index (χ4v) is 2.15. The molecular formula is C11H23MnO2-. The van der Waals surface area contributed by atoms with Crippen molar-refractivity contribution in [3.05, 3.63) is 0 Å². The summed E-state index contributed by atoms with van der Waals surface area (Å²) in [6, 6.07) is 0. The van der Waals surface area contributed by atoms with Crippen molar-refractivity contribution in [3.8, 4) is 0 Å². The Hall–Kier alpha value is 0.279. The first-order valence-corrected chi connectivity index (χ1v) is 7.58. The summed E-state index contributed by atoms with van der Waals surface area (Å²) in [6.07, 6.45) is 11.2. The topological polar surface area (TPSA) is 40.1 Å². The third kappa shape index (κ3) is 12.3. The van der Waals surface area contributed by atoms with Gasteiger partial charge in [0, 0.05) is 0 Å². The van der Waals surface area contributed by atoms with Crippen LogP contribution in [0.3, 0.4) is 0 Å². The molecule has 0 N–H and O–H groups in total. The average Bonchev–Trinajstić information content (AvgIpc) is 2.15. The van der Waals surface area contributed by atoms with Gasteiger partial charge >= 0.3 is 92.2 Å². The Morgan fingerprint density at radius 2 is 1.29 bits per heavy atom. The number of hydrogen-bond donors (Lipinski definition) is 0. The summed E-state index contributed by atoms with van der Waals surface area (Å²) >= 11 is -2.46. The molecule has 0 aromatic rings. The van der Waals surface area contributed by atoms with Crippen LogP contribution in [-0.4, -0.2) is 0 Å². The van der Waals surface area contributed by atoms with Crippen molar-refractivity contribution in [2.45, 2.75) is 70.0 Å². The third-order valence-corrected chi connectivity index (χ3v) is 3.29. The van der Waals surface area contributed by atoms with E-state index in [4.69, 9.17) is 0 Å². The van der Waals surface area contributed by atoms with Crippen LogP contribution in [0.4, 0.5) is 0 Å². The molecule has 0 spiro atoms. The van der Waals surface area contributed by atoms with Gasteiger partial charge in [-0.3, -0.25) is 0 Å². The van der Waals surface area contributed by atoms with Gasteiger partial charge in [-0.2, -0.15) is 0 Å². The van der Waals surface area contributed by atoms with Crippen LogP contribution in [0.5, 0.6) is 0 Å². The van der Waals surface area contributed by atoms with Crippen molar-refractivity contribution < 1.29 is 22.2 Å². The third-order valence-electron chi connectivity index (χ3n) is 2.39. The van der Waals surface area contributed by atoms with Crippen LogP contribution in [0.15, 0.2) is 0 Å². The molecule has 0 amide bonds. The molecule has 3 heteroatoms. The molecule has 87 valence electrons. The fraction of sp³-hybridized carbons (Fsp3) is 1.00. The van der Waals surface area contributed by atoms with Gasteiger partial charge in [0.2, 0.25) is 0 Å². The van der Waals surface area contributed by atoms with Gasteiger partial charge in [-0.1, -0.05) is 0 Å². The van der Waals surface area contributed by atoms with Crippen molar-refractivity contribution in [1.29, 1.82) is 0 Å². The quantitative estimate of drug-likeness (QED) is 0.436. The van der Waals surface area contributed by atoms with Gasteiger partial charge in [0.15, 0.2) is 0 Å². The number of hydrogen-bond acceptors (Lipinski definition) is 2. The van der Waals surface area contributed by atoms with Gasteiger partial charge in [-0.15, -0.1) is 0 Å². The van der Waals surface area contributed by atoms with E-state index in [1.165, 1.54) is 44.9 Å². The van der Waals surface area contributed by atoms with E-state index in [0.29, 0.717) is 5.32 Å². The van der Waals surface area contributed by atoms with Gasteiger partial charge in [0.25, 0.3) is 0 Å². The average molecular weight is 242 g/mol. The van der Waals surface area contributed by atoms with Crippen LogP contribution < -0.4 is 4.19 Å². The van der Waals surface area contributed by atoms with E-state index < -0.39 is 14.2 Å². The van der Waals surface area contributed by atoms with Crippen LogP contribution in [0, 0.1) is 0 Å².